The summed E-state index contributed by atoms with van der Waals surface area (Å²) in [4.78, 5) is 8.17. The first-order valence-electron chi connectivity index (χ1n) is 5.60. The molecule has 0 aliphatic carbocycles. The van der Waals surface area contributed by atoms with Crippen LogP contribution in [-0.2, 0) is 9.84 Å². The first-order chi connectivity index (χ1) is 8.44. The van der Waals surface area contributed by atoms with Crippen molar-refractivity contribution in [3.63, 3.8) is 0 Å². The van der Waals surface area contributed by atoms with Crippen molar-refractivity contribution < 1.29 is 8.42 Å². The van der Waals surface area contributed by atoms with E-state index in [-0.39, 0.29) is 5.75 Å². The molecule has 18 heavy (non-hydrogen) atoms. The highest BCUT2D eigenvalue weighted by Gasteiger charge is 2.08. The van der Waals surface area contributed by atoms with Crippen LogP contribution in [0.1, 0.15) is 13.3 Å². The second kappa shape index (κ2) is 6.89. The van der Waals surface area contributed by atoms with Gasteiger partial charge in [0.25, 0.3) is 0 Å². The zero-order valence-corrected chi connectivity index (χ0v) is 12.8. The van der Waals surface area contributed by atoms with Crippen molar-refractivity contribution >= 4 is 37.4 Å². The van der Waals surface area contributed by atoms with Gasteiger partial charge in [-0.2, -0.15) is 0 Å². The number of anilines is 2. The number of nitrogens with one attached hydrogen (secondary N) is 2. The van der Waals surface area contributed by atoms with Gasteiger partial charge in [0.1, 0.15) is 32.3 Å². The SMILES string of the molecule is CCCNc1ncnc(NCCS(C)(=O)=O)c1Br. The standard InChI is InChI=1S/C10H17BrN4O2S/c1-3-4-12-9-8(11)10(15-7-14-9)13-5-6-18(2,16)17/h7H,3-6H2,1-2H3,(H2,12,13,14,15). The van der Waals surface area contributed by atoms with Crippen LogP contribution in [0, 0.1) is 0 Å². The lowest BCUT2D eigenvalue weighted by Crippen LogP contribution is -2.15. The largest absolute Gasteiger partial charge is 0.369 e. The monoisotopic (exact) mass is 336 g/mol. The Balaban J connectivity index is 2.66. The van der Waals surface area contributed by atoms with Crippen LogP contribution in [0.4, 0.5) is 11.6 Å². The van der Waals surface area contributed by atoms with Crippen LogP contribution in [-0.4, -0.2) is 43.5 Å². The molecule has 0 radical (unpaired) electrons. The van der Waals surface area contributed by atoms with E-state index in [1.165, 1.54) is 12.6 Å². The average molecular weight is 337 g/mol. The predicted molar refractivity (Wildman–Crippen MR) is 76.7 cm³/mol. The minimum atomic E-state index is -2.97. The Hall–Kier alpha value is -0.890. The van der Waals surface area contributed by atoms with Crippen molar-refractivity contribution in [2.75, 3.05) is 35.7 Å². The number of hydrogen-bond acceptors (Lipinski definition) is 6. The summed E-state index contributed by atoms with van der Waals surface area (Å²) in [5.74, 6) is 1.36. The van der Waals surface area contributed by atoms with Gasteiger partial charge < -0.3 is 10.6 Å². The van der Waals surface area contributed by atoms with Crippen LogP contribution in [0.2, 0.25) is 0 Å². The van der Waals surface area contributed by atoms with Gasteiger partial charge in [-0.15, -0.1) is 0 Å². The van der Waals surface area contributed by atoms with Gasteiger partial charge in [-0.05, 0) is 22.4 Å². The summed E-state index contributed by atoms with van der Waals surface area (Å²) in [5.41, 5.74) is 0. The molecule has 8 heteroatoms. The van der Waals surface area contributed by atoms with Gasteiger partial charge >= 0.3 is 0 Å². The molecule has 0 unspecified atom stereocenters. The summed E-state index contributed by atoms with van der Waals surface area (Å²) in [7, 11) is -2.97. The molecule has 0 aromatic carbocycles. The normalized spacial score (nSPS) is 11.3. The second-order valence-electron chi connectivity index (χ2n) is 3.87. The summed E-state index contributed by atoms with van der Waals surface area (Å²) in [6.45, 7) is 3.20. The molecule has 6 nitrogen and oxygen atoms in total. The molecule has 1 aromatic rings. The molecule has 0 fully saturated rings. The van der Waals surface area contributed by atoms with Gasteiger partial charge in [0.05, 0.1) is 5.75 Å². The number of rotatable bonds is 7. The minimum Gasteiger partial charge on any atom is -0.369 e. The van der Waals surface area contributed by atoms with Crippen LogP contribution < -0.4 is 10.6 Å². The summed E-state index contributed by atoms with van der Waals surface area (Å²) >= 11 is 3.39. The molecule has 0 spiro atoms. The molecule has 1 heterocycles. The van der Waals surface area contributed by atoms with Crippen LogP contribution in [0.3, 0.4) is 0 Å². The Morgan fingerprint density at radius 3 is 2.28 bits per heavy atom. The smallest absolute Gasteiger partial charge is 0.149 e. The molecule has 102 valence electrons. The maximum absolute atomic E-state index is 11.0. The van der Waals surface area contributed by atoms with Gasteiger partial charge in [-0.3, -0.25) is 0 Å². The fraction of sp³-hybridized carbons (Fsp3) is 0.600. The average Bonchev–Trinajstić information content (AvgIpc) is 2.28. The molecular weight excluding hydrogens is 320 g/mol. The predicted octanol–water partition coefficient (Wildman–Crippen LogP) is 1.52. The zero-order valence-electron chi connectivity index (χ0n) is 10.4. The highest BCUT2D eigenvalue weighted by atomic mass is 79.9. The maximum atomic E-state index is 11.0. The van der Waals surface area contributed by atoms with Crippen molar-refractivity contribution in [3.8, 4) is 0 Å². The van der Waals surface area contributed by atoms with Gasteiger partial charge in [-0.1, -0.05) is 6.92 Å². The molecule has 0 aliphatic rings. The third kappa shape index (κ3) is 5.18. The van der Waals surface area contributed by atoms with Crippen LogP contribution in [0.25, 0.3) is 0 Å². The number of halogens is 1. The fourth-order valence-corrected chi connectivity index (χ4v) is 2.17. The molecule has 2 N–H and O–H groups in total. The number of aromatic nitrogens is 2. The number of hydrogen-bond donors (Lipinski definition) is 2. The first-order valence-corrected chi connectivity index (χ1v) is 8.45. The zero-order chi connectivity index (χ0) is 13.6. The van der Waals surface area contributed by atoms with E-state index in [4.69, 9.17) is 0 Å². The van der Waals surface area contributed by atoms with E-state index < -0.39 is 9.84 Å². The first kappa shape index (κ1) is 15.2. The summed E-state index contributed by atoms with van der Waals surface area (Å²) in [6.07, 6.45) is 3.64. The second-order valence-corrected chi connectivity index (χ2v) is 6.92. The maximum Gasteiger partial charge on any atom is 0.149 e. The van der Waals surface area contributed by atoms with Gasteiger partial charge in [-0.25, -0.2) is 18.4 Å². The van der Waals surface area contributed by atoms with E-state index in [1.54, 1.807) is 0 Å². The molecule has 0 bridgehead atoms. The van der Waals surface area contributed by atoms with E-state index in [0.29, 0.717) is 22.7 Å². The Kier molecular flexibility index (Phi) is 5.80. The lowest BCUT2D eigenvalue weighted by Gasteiger charge is -2.10. The minimum absolute atomic E-state index is 0.0706. The topological polar surface area (TPSA) is 84.0 Å². The Morgan fingerprint density at radius 2 is 1.78 bits per heavy atom. The van der Waals surface area contributed by atoms with Crippen LogP contribution in [0.5, 0.6) is 0 Å². The van der Waals surface area contributed by atoms with E-state index in [2.05, 4.69) is 43.5 Å². The molecule has 0 aliphatic heterocycles. The Labute approximate surface area is 116 Å². The quantitative estimate of drug-likeness (QED) is 0.785. The van der Waals surface area contributed by atoms with Crippen molar-refractivity contribution in [1.29, 1.82) is 0 Å². The third-order valence-corrected chi connectivity index (χ3v) is 3.79. The lowest BCUT2D eigenvalue weighted by molar-refractivity contribution is 0.602. The summed E-state index contributed by atoms with van der Waals surface area (Å²) in [5, 5.41) is 6.12. The van der Waals surface area contributed by atoms with Crippen molar-refractivity contribution in [1.82, 2.24) is 9.97 Å². The molecule has 0 saturated carbocycles. The molecule has 1 rings (SSSR count). The van der Waals surface area contributed by atoms with E-state index in [9.17, 15) is 8.42 Å². The summed E-state index contributed by atoms with van der Waals surface area (Å²) < 4.78 is 22.8. The highest BCUT2D eigenvalue weighted by Crippen LogP contribution is 2.26. The third-order valence-electron chi connectivity index (χ3n) is 2.10. The van der Waals surface area contributed by atoms with Crippen LogP contribution in [0.15, 0.2) is 10.8 Å². The number of sulfone groups is 1. The number of nitrogens with zero attached hydrogens (tertiary/aromatic N) is 2. The molecular formula is C10H17BrN4O2S. The molecule has 1 aromatic heterocycles. The summed E-state index contributed by atoms with van der Waals surface area (Å²) in [6, 6.07) is 0. The van der Waals surface area contributed by atoms with E-state index in [1.807, 2.05) is 0 Å². The van der Waals surface area contributed by atoms with Gasteiger partial charge in [0.2, 0.25) is 0 Å². The van der Waals surface area contributed by atoms with Crippen molar-refractivity contribution in [3.05, 3.63) is 10.8 Å². The molecule has 0 amide bonds. The van der Waals surface area contributed by atoms with E-state index in [0.717, 1.165) is 13.0 Å². The lowest BCUT2D eigenvalue weighted by atomic mass is 10.4. The van der Waals surface area contributed by atoms with Crippen molar-refractivity contribution in [2.24, 2.45) is 0 Å². The van der Waals surface area contributed by atoms with Crippen LogP contribution >= 0.6 is 15.9 Å². The van der Waals surface area contributed by atoms with Gasteiger partial charge in [0.15, 0.2) is 0 Å². The van der Waals surface area contributed by atoms with Crippen molar-refractivity contribution in [2.45, 2.75) is 13.3 Å². The van der Waals surface area contributed by atoms with E-state index >= 15 is 0 Å². The highest BCUT2D eigenvalue weighted by molar-refractivity contribution is 9.10. The van der Waals surface area contributed by atoms with Gasteiger partial charge in [0, 0.05) is 19.3 Å². The Morgan fingerprint density at radius 1 is 1.22 bits per heavy atom. The molecule has 0 atom stereocenters. The fourth-order valence-electron chi connectivity index (χ4n) is 1.21. The Bertz CT molecular complexity index is 493. The molecule has 0 saturated heterocycles.